The van der Waals surface area contributed by atoms with Crippen molar-refractivity contribution in [1.29, 1.82) is 0 Å². The summed E-state index contributed by atoms with van der Waals surface area (Å²) in [5.74, 6) is 0. The van der Waals surface area contributed by atoms with Gasteiger partial charge in [0.2, 0.25) is 10.0 Å². The van der Waals surface area contributed by atoms with Crippen LogP contribution in [0.2, 0.25) is 0 Å². The minimum atomic E-state index is -3.97. The molecule has 9 heteroatoms. The Hall–Kier alpha value is -1.71. The monoisotopic (exact) mass is 345 g/mol. The lowest BCUT2D eigenvalue weighted by molar-refractivity contribution is -0.384. The van der Waals surface area contributed by atoms with Gasteiger partial charge in [-0.15, -0.1) is 0 Å². The van der Waals surface area contributed by atoms with E-state index >= 15 is 0 Å². The summed E-state index contributed by atoms with van der Waals surface area (Å²) in [6.07, 6.45) is 5.78. The molecule has 0 atom stereocenters. The number of hydrogen-bond donors (Lipinski definition) is 3. The van der Waals surface area contributed by atoms with Crippen molar-refractivity contribution >= 4 is 21.4 Å². The van der Waals surface area contributed by atoms with E-state index in [1.165, 1.54) is 12.1 Å². The zero-order valence-electron chi connectivity index (χ0n) is 12.9. The lowest BCUT2D eigenvalue weighted by atomic mass is 10.1. The second kappa shape index (κ2) is 9.43. The molecule has 0 amide bonds. The molecular weight excluding hydrogens is 322 g/mol. The zero-order valence-corrected chi connectivity index (χ0v) is 13.7. The molecule has 23 heavy (non-hydrogen) atoms. The molecule has 1 aromatic rings. The van der Waals surface area contributed by atoms with Crippen LogP contribution in [0, 0.1) is 10.1 Å². The summed E-state index contributed by atoms with van der Waals surface area (Å²) >= 11 is 0. The minimum absolute atomic E-state index is 0.222. The topological polar surface area (TPSA) is 136 Å². The van der Waals surface area contributed by atoms with Crippen LogP contribution in [0.15, 0.2) is 23.1 Å². The number of aliphatic hydroxyl groups is 1. The van der Waals surface area contributed by atoms with Crippen LogP contribution in [-0.2, 0) is 10.0 Å². The van der Waals surface area contributed by atoms with Gasteiger partial charge in [-0.3, -0.25) is 10.1 Å². The number of nitrogens with two attached hydrogens (primary N) is 1. The maximum atomic E-state index is 11.2. The molecule has 1 rings (SSSR count). The van der Waals surface area contributed by atoms with E-state index in [-0.39, 0.29) is 22.9 Å². The molecule has 0 fully saturated rings. The number of primary sulfonamides is 1. The van der Waals surface area contributed by atoms with E-state index in [4.69, 9.17) is 10.2 Å². The highest BCUT2D eigenvalue weighted by atomic mass is 32.2. The number of anilines is 1. The SMILES string of the molecule is NS(=O)(=O)c1ccc(NCCCCCCCCO)c([N+](=O)[O-])c1. The highest BCUT2D eigenvalue weighted by Gasteiger charge is 2.18. The molecule has 0 aromatic heterocycles. The molecule has 0 spiro atoms. The average Bonchev–Trinajstić information content (AvgIpc) is 2.48. The van der Waals surface area contributed by atoms with Gasteiger partial charge < -0.3 is 10.4 Å². The number of benzene rings is 1. The van der Waals surface area contributed by atoms with Crippen LogP contribution in [0.5, 0.6) is 0 Å². The summed E-state index contributed by atoms with van der Waals surface area (Å²) in [4.78, 5) is 10.1. The molecular formula is C14H23N3O5S. The third-order valence-electron chi connectivity index (χ3n) is 3.39. The van der Waals surface area contributed by atoms with E-state index in [0.29, 0.717) is 6.54 Å². The summed E-state index contributed by atoms with van der Waals surface area (Å²) in [6.45, 7) is 0.787. The van der Waals surface area contributed by atoms with E-state index in [2.05, 4.69) is 5.32 Å². The van der Waals surface area contributed by atoms with Gasteiger partial charge in [-0.25, -0.2) is 13.6 Å². The Kier molecular flexibility index (Phi) is 7.93. The second-order valence-electron chi connectivity index (χ2n) is 5.25. The van der Waals surface area contributed by atoms with Crippen molar-refractivity contribution in [2.24, 2.45) is 5.14 Å². The van der Waals surface area contributed by atoms with Crippen molar-refractivity contribution in [2.75, 3.05) is 18.5 Å². The molecule has 130 valence electrons. The van der Waals surface area contributed by atoms with E-state index in [9.17, 15) is 18.5 Å². The Morgan fingerprint density at radius 1 is 1.13 bits per heavy atom. The first kappa shape index (κ1) is 19.3. The summed E-state index contributed by atoms with van der Waals surface area (Å²) in [5.41, 5.74) is -0.0258. The first-order valence-electron chi connectivity index (χ1n) is 7.52. The van der Waals surface area contributed by atoms with Gasteiger partial charge in [0.1, 0.15) is 5.69 Å². The maximum absolute atomic E-state index is 11.2. The van der Waals surface area contributed by atoms with E-state index in [1.807, 2.05) is 0 Å². The highest BCUT2D eigenvalue weighted by molar-refractivity contribution is 7.89. The third-order valence-corrected chi connectivity index (χ3v) is 4.31. The van der Waals surface area contributed by atoms with Crippen LogP contribution in [-0.4, -0.2) is 31.6 Å². The lowest BCUT2D eigenvalue weighted by Gasteiger charge is -2.08. The predicted molar refractivity (Wildman–Crippen MR) is 87.7 cm³/mol. The Morgan fingerprint density at radius 2 is 1.74 bits per heavy atom. The molecule has 0 aliphatic heterocycles. The van der Waals surface area contributed by atoms with Gasteiger partial charge in [-0.1, -0.05) is 25.7 Å². The van der Waals surface area contributed by atoms with Gasteiger partial charge in [-0.2, -0.15) is 0 Å². The van der Waals surface area contributed by atoms with E-state index in [1.54, 1.807) is 0 Å². The maximum Gasteiger partial charge on any atom is 0.293 e. The first-order valence-corrected chi connectivity index (χ1v) is 9.07. The number of aliphatic hydroxyl groups excluding tert-OH is 1. The largest absolute Gasteiger partial charge is 0.396 e. The van der Waals surface area contributed by atoms with Crippen molar-refractivity contribution in [3.8, 4) is 0 Å². The Bertz CT molecular complexity index is 619. The number of nitrogens with zero attached hydrogens (tertiary/aromatic N) is 1. The van der Waals surface area contributed by atoms with Crippen molar-refractivity contribution in [3.05, 3.63) is 28.3 Å². The molecule has 0 radical (unpaired) electrons. The van der Waals surface area contributed by atoms with Gasteiger partial charge in [0.15, 0.2) is 0 Å². The van der Waals surface area contributed by atoms with E-state index < -0.39 is 14.9 Å². The number of hydrogen-bond acceptors (Lipinski definition) is 6. The molecule has 0 aliphatic carbocycles. The lowest BCUT2D eigenvalue weighted by Crippen LogP contribution is -2.13. The number of nitro groups is 1. The van der Waals surface area contributed by atoms with Gasteiger partial charge >= 0.3 is 0 Å². The molecule has 0 saturated carbocycles. The van der Waals surface area contributed by atoms with Crippen LogP contribution in [0.1, 0.15) is 38.5 Å². The van der Waals surface area contributed by atoms with Crippen molar-refractivity contribution in [1.82, 2.24) is 0 Å². The fourth-order valence-corrected chi connectivity index (χ4v) is 2.69. The number of unbranched alkanes of at least 4 members (excludes halogenated alkanes) is 5. The first-order chi connectivity index (χ1) is 10.9. The molecule has 0 bridgehead atoms. The molecule has 0 unspecified atom stereocenters. The van der Waals surface area contributed by atoms with Gasteiger partial charge in [-0.05, 0) is 25.0 Å². The fraction of sp³-hybridized carbons (Fsp3) is 0.571. The van der Waals surface area contributed by atoms with Crippen LogP contribution >= 0.6 is 0 Å². The fourth-order valence-electron chi connectivity index (χ4n) is 2.16. The van der Waals surface area contributed by atoms with Crippen LogP contribution < -0.4 is 10.5 Å². The molecule has 4 N–H and O–H groups in total. The highest BCUT2D eigenvalue weighted by Crippen LogP contribution is 2.27. The van der Waals surface area contributed by atoms with Crippen molar-refractivity contribution in [2.45, 2.75) is 43.4 Å². The van der Waals surface area contributed by atoms with Gasteiger partial charge in [0, 0.05) is 19.2 Å². The van der Waals surface area contributed by atoms with Crippen molar-refractivity contribution < 1.29 is 18.4 Å². The average molecular weight is 345 g/mol. The number of sulfonamides is 1. The van der Waals surface area contributed by atoms with Gasteiger partial charge in [0.05, 0.1) is 9.82 Å². The Labute approximate surface area is 135 Å². The normalized spacial score (nSPS) is 11.4. The summed E-state index contributed by atoms with van der Waals surface area (Å²) in [7, 11) is -3.97. The van der Waals surface area contributed by atoms with Crippen molar-refractivity contribution in [3.63, 3.8) is 0 Å². The molecule has 0 saturated heterocycles. The van der Waals surface area contributed by atoms with E-state index in [0.717, 1.165) is 44.6 Å². The number of rotatable bonds is 11. The molecule has 1 aromatic carbocycles. The summed E-state index contributed by atoms with van der Waals surface area (Å²) in [5, 5.41) is 27.6. The second-order valence-corrected chi connectivity index (χ2v) is 6.81. The molecule has 0 heterocycles. The standard InChI is InChI=1S/C14H23N3O5S/c15-23(21,22)12-7-8-13(14(11-12)17(19)20)16-9-5-3-1-2-4-6-10-18/h7-8,11,16,18H,1-6,9-10H2,(H2,15,21,22). The van der Waals surface area contributed by atoms with Crippen LogP contribution in [0.4, 0.5) is 11.4 Å². The minimum Gasteiger partial charge on any atom is -0.396 e. The van der Waals surface area contributed by atoms with Crippen LogP contribution in [0.25, 0.3) is 0 Å². The molecule has 8 nitrogen and oxygen atoms in total. The predicted octanol–water partition coefficient (Wildman–Crippen LogP) is 1.99. The number of nitrogens with one attached hydrogen (secondary N) is 1. The third kappa shape index (κ3) is 6.93. The quantitative estimate of drug-likeness (QED) is 0.319. The smallest absolute Gasteiger partial charge is 0.293 e. The number of nitro benzene ring substituents is 1. The van der Waals surface area contributed by atoms with Gasteiger partial charge in [0.25, 0.3) is 5.69 Å². The summed E-state index contributed by atoms with van der Waals surface area (Å²) in [6, 6.07) is 3.57. The zero-order chi connectivity index (χ0) is 17.3. The Balaban J connectivity index is 2.52. The summed E-state index contributed by atoms with van der Waals surface area (Å²) < 4.78 is 22.5. The van der Waals surface area contributed by atoms with Crippen LogP contribution in [0.3, 0.4) is 0 Å². The molecule has 0 aliphatic rings. The Morgan fingerprint density at radius 3 is 2.30 bits per heavy atom.